The Morgan fingerprint density at radius 3 is 2.15 bits per heavy atom. The Morgan fingerprint density at radius 2 is 1.65 bits per heavy atom. The summed E-state index contributed by atoms with van der Waals surface area (Å²) in [7, 11) is -3.50. The lowest BCUT2D eigenvalue weighted by atomic mass is 9.86. The highest BCUT2D eigenvalue weighted by atomic mass is 32.2. The molecule has 0 amide bonds. The molecule has 0 radical (unpaired) electrons. The number of hydrogen-bond acceptors (Lipinski definition) is 3. The molecule has 0 atom stereocenters. The van der Waals surface area contributed by atoms with E-state index < -0.39 is 15.4 Å². The first-order valence-electron chi connectivity index (χ1n) is 6.63. The molecule has 4 nitrogen and oxygen atoms in total. The summed E-state index contributed by atoms with van der Waals surface area (Å²) in [6.07, 6.45) is 0. The van der Waals surface area contributed by atoms with Gasteiger partial charge in [0.2, 0.25) is 10.0 Å². The Hall–Kier alpha value is -1.07. The van der Waals surface area contributed by atoms with Gasteiger partial charge in [0.15, 0.2) is 0 Å². The molecule has 0 saturated heterocycles. The van der Waals surface area contributed by atoms with Crippen molar-refractivity contribution in [3.63, 3.8) is 0 Å². The normalized spacial score (nSPS) is 13.3. The van der Waals surface area contributed by atoms with Gasteiger partial charge in [-0.2, -0.15) is 0 Å². The summed E-state index contributed by atoms with van der Waals surface area (Å²) in [4.78, 5) is 0. The van der Waals surface area contributed by atoms with Gasteiger partial charge in [0.1, 0.15) is 5.75 Å². The molecule has 1 aromatic rings. The summed E-state index contributed by atoms with van der Waals surface area (Å²) in [5.41, 5.74) is 0.547. The smallest absolute Gasteiger partial charge is 0.209 e. The summed E-state index contributed by atoms with van der Waals surface area (Å²) in [6.45, 7) is 10.3. The summed E-state index contributed by atoms with van der Waals surface area (Å²) in [5, 5.41) is 5.11. The van der Waals surface area contributed by atoms with Crippen LogP contribution in [0.2, 0.25) is 0 Å². The lowest BCUT2D eigenvalue weighted by Gasteiger charge is -2.27. The number of rotatable bonds is 5. The molecule has 0 unspecified atom stereocenters. The summed E-state index contributed by atoms with van der Waals surface area (Å²) >= 11 is 0. The van der Waals surface area contributed by atoms with Crippen molar-refractivity contribution in [1.29, 1.82) is 0 Å². The molecule has 5 heteroatoms. The molecule has 0 spiro atoms. The van der Waals surface area contributed by atoms with Crippen LogP contribution in [0.4, 0.5) is 0 Å². The van der Waals surface area contributed by atoms with Gasteiger partial charge in [0, 0.05) is 5.41 Å². The van der Waals surface area contributed by atoms with E-state index in [1.54, 1.807) is 0 Å². The Labute approximate surface area is 122 Å². The average Bonchev–Trinajstić information content (AvgIpc) is 2.22. The molecule has 0 heterocycles. The van der Waals surface area contributed by atoms with Crippen molar-refractivity contribution in [3.05, 3.63) is 29.8 Å². The van der Waals surface area contributed by atoms with Crippen molar-refractivity contribution in [3.8, 4) is 5.75 Å². The number of primary sulfonamides is 1. The van der Waals surface area contributed by atoms with Crippen molar-refractivity contribution in [2.24, 2.45) is 10.6 Å². The SMILES string of the molecule is CC(C)(COc1ccccc1C(C)(C)C)CS(N)(=O)=O. The van der Waals surface area contributed by atoms with E-state index in [0.717, 1.165) is 11.3 Å². The molecule has 0 aliphatic heterocycles. The van der Waals surface area contributed by atoms with Gasteiger partial charge in [-0.1, -0.05) is 52.8 Å². The summed E-state index contributed by atoms with van der Waals surface area (Å²) < 4.78 is 28.3. The van der Waals surface area contributed by atoms with E-state index in [2.05, 4.69) is 20.8 Å². The fraction of sp³-hybridized carbons (Fsp3) is 0.600. The minimum atomic E-state index is -3.50. The van der Waals surface area contributed by atoms with Crippen molar-refractivity contribution in [2.75, 3.05) is 12.4 Å². The fourth-order valence-corrected chi connectivity index (χ4v) is 3.24. The number of hydrogen-bond donors (Lipinski definition) is 1. The maximum atomic E-state index is 11.2. The van der Waals surface area contributed by atoms with E-state index in [-0.39, 0.29) is 11.2 Å². The van der Waals surface area contributed by atoms with Crippen molar-refractivity contribution in [1.82, 2.24) is 0 Å². The number of benzene rings is 1. The molecule has 1 aromatic carbocycles. The third-order valence-corrected chi connectivity index (χ3v) is 4.09. The quantitative estimate of drug-likeness (QED) is 0.908. The molecule has 0 aromatic heterocycles. The van der Waals surface area contributed by atoms with Crippen LogP contribution >= 0.6 is 0 Å². The van der Waals surface area contributed by atoms with Crippen LogP contribution in [0.3, 0.4) is 0 Å². The Kier molecular flexibility index (Phi) is 4.87. The number of nitrogens with two attached hydrogens (primary N) is 1. The second kappa shape index (κ2) is 5.74. The second-order valence-corrected chi connectivity index (χ2v) is 8.62. The molecule has 0 aliphatic rings. The number of para-hydroxylation sites is 1. The Morgan fingerprint density at radius 1 is 1.10 bits per heavy atom. The predicted molar refractivity (Wildman–Crippen MR) is 82.4 cm³/mol. The predicted octanol–water partition coefficient (Wildman–Crippen LogP) is 2.68. The number of ether oxygens (including phenoxy) is 1. The maximum Gasteiger partial charge on any atom is 0.209 e. The molecule has 114 valence electrons. The van der Waals surface area contributed by atoms with Gasteiger partial charge >= 0.3 is 0 Å². The van der Waals surface area contributed by atoms with Crippen LogP contribution in [0.25, 0.3) is 0 Å². The molecule has 0 bridgehead atoms. The van der Waals surface area contributed by atoms with Gasteiger partial charge in [-0.3, -0.25) is 0 Å². The van der Waals surface area contributed by atoms with Crippen LogP contribution in [-0.4, -0.2) is 20.8 Å². The van der Waals surface area contributed by atoms with E-state index in [0.29, 0.717) is 6.61 Å². The van der Waals surface area contributed by atoms with Gasteiger partial charge in [-0.15, -0.1) is 0 Å². The van der Waals surface area contributed by atoms with Gasteiger partial charge in [-0.05, 0) is 17.0 Å². The van der Waals surface area contributed by atoms with Gasteiger partial charge < -0.3 is 4.74 Å². The highest BCUT2D eigenvalue weighted by Gasteiger charge is 2.26. The largest absolute Gasteiger partial charge is 0.493 e. The summed E-state index contributed by atoms with van der Waals surface area (Å²) in [6, 6.07) is 7.83. The van der Waals surface area contributed by atoms with E-state index in [1.165, 1.54) is 0 Å². The first kappa shape index (κ1) is 17.0. The van der Waals surface area contributed by atoms with Gasteiger partial charge in [0.05, 0.1) is 12.4 Å². The Bertz CT molecular complexity index is 557. The average molecular weight is 299 g/mol. The van der Waals surface area contributed by atoms with Crippen LogP contribution in [0.5, 0.6) is 5.75 Å². The number of sulfonamides is 1. The van der Waals surface area contributed by atoms with Crippen LogP contribution in [0, 0.1) is 5.41 Å². The van der Waals surface area contributed by atoms with Crippen molar-refractivity contribution < 1.29 is 13.2 Å². The maximum absolute atomic E-state index is 11.2. The Balaban J connectivity index is 2.86. The highest BCUT2D eigenvalue weighted by Crippen LogP contribution is 2.32. The van der Waals surface area contributed by atoms with E-state index in [9.17, 15) is 8.42 Å². The van der Waals surface area contributed by atoms with Crippen molar-refractivity contribution >= 4 is 10.0 Å². The third-order valence-electron chi connectivity index (χ3n) is 2.91. The van der Waals surface area contributed by atoms with E-state index >= 15 is 0 Å². The second-order valence-electron chi connectivity index (χ2n) is 7.01. The lowest BCUT2D eigenvalue weighted by Crippen LogP contribution is -2.34. The van der Waals surface area contributed by atoms with Crippen LogP contribution < -0.4 is 9.88 Å². The highest BCUT2D eigenvalue weighted by molar-refractivity contribution is 7.89. The molecule has 20 heavy (non-hydrogen) atoms. The molecule has 0 aliphatic carbocycles. The minimum absolute atomic E-state index is 0.0271. The monoisotopic (exact) mass is 299 g/mol. The van der Waals surface area contributed by atoms with Crippen LogP contribution in [0.15, 0.2) is 24.3 Å². The molecule has 2 N–H and O–H groups in total. The van der Waals surface area contributed by atoms with Crippen LogP contribution in [-0.2, 0) is 15.4 Å². The standard InChI is InChI=1S/C15H25NO3S/c1-14(2,3)12-8-6-7-9-13(12)19-10-15(4,5)11-20(16,17)18/h6-9H,10-11H2,1-5H3,(H2,16,17,18). The van der Waals surface area contributed by atoms with Gasteiger partial charge in [-0.25, -0.2) is 13.6 Å². The van der Waals surface area contributed by atoms with E-state index in [1.807, 2.05) is 38.1 Å². The van der Waals surface area contributed by atoms with Crippen molar-refractivity contribution in [2.45, 2.75) is 40.0 Å². The molecule has 0 saturated carbocycles. The van der Waals surface area contributed by atoms with E-state index in [4.69, 9.17) is 9.88 Å². The molecular formula is C15H25NO3S. The topological polar surface area (TPSA) is 69.4 Å². The summed E-state index contributed by atoms with van der Waals surface area (Å²) in [5.74, 6) is 0.694. The first-order valence-corrected chi connectivity index (χ1v) is 8.35. The zero-order chi connectivity index (χ0) is 15.6. The molecule has 1 rings (SSSR count). The first-order chi connectivity index (χ1) is 8.91. The van der Waals surface area contributed by atoms with Crippen LogP contribution in [0.1, 0.15) is 40.2 Å². The fourth-order valence-electron chi connectivity index (χ4n) is 2.07. The molecule has 0 fully saturated rings. The minimum Gasteiger partial charge on any atom is -0.493 e. The third kappa shape index (κ3) is 5.51. The molecular weight excluding hydrogens is 274 g/mol. The zero-order valence-electron chi connectivity index (χ0n) is 12.9. The zero-order valence-corrected chi connectivity index (χ0v) is 13.8. The van der Waals surface area contributed by atoms with Gasteiger partial charge in [0.25, 0.3) is 0 Å². The lowest BCUT2D eigenvalue weighted by molar-refractivity contribution is 0.196.